The molecule has 7 aliphatic rings. The molecule has 0 aromatic rings. The zero-order chi connectivity index (χ0) is 59.4. The molecule has 4 saturated carbocycles. The van der Waals surface area contributed by atoms with E-state index in [1.165, 1.54) is 142 Å². The molecule has 2 heteroatoms. The maximum absolute atomic E-state index is 5.43. The summed E-state index contributed by atoms with van der Waals surface area (Å²) in [4.78, 5) is 0. The van der Waals surface area contributed by atoms with Crippen molar-refractivity contribution >= 4 is 0 Å². The van der Waals surface area contributed by atoms with E-state index >= 15 is 0 Å². The first-order chi connectivity index (χ1) is 35.7. The van der Waals surface area contributed by atoms with Crippen molar-refractivity contribution in [3.63, 3.8) is 0 Å². The van der Waals surface area contributed by atoms with Gasteiger partial charge < -0.3 is 10.1 Å². The molecule has 2 aliphatic heterocycles. The van der Waals surface area contributed by atoms with Gasteiger partial charge in [0.1, 0.15) is 0 Å². The van der Waals surface area contributed by atoms with E-state index in [-0.39, 0.29) is 0 Å². The highest BCUT2D eigenvalue weighted by Gasteiger charge is 2.48. The molecule has 0 bridgehead atoms. The zero-order valence-electron chi connectivity index (χ0n) is 58.6. The number of piperidine rings is 1. The van der Waals surface area contributed by atoms with Crippen molar-refractivity contribution in [1.29, 1.82) is 0 Å². The smallest absolute Gasteiger partial charge is 0.0471 e. The summed E-state index contributed by atoms with van der Waals surface area (Å²) in [6.07, 6.45) is 33.1. The standard InChI is InChI=1S/C12H24.C11H23N.C11H22O.C11H22.C11H20.C10H20.C9H18/c1-10(2)12(11(3)4)8-6-5-7-9-12;2*1-9(2)11(10(3)4)5-7-12-8-6-11;2*1-9(2)11(10(3)4)7-5-6-8-11;1-8(2)10(9(3)4)6-5-7-10;1-7(2)9(5-6-9)8(3)4/h10-11H,5-9H2,1-4H3;9-10,12H,5-8H2,1-4H3;9-10H,5-8H2,1-4H3;9-10H,5-8H2,1-4H3;5-6,9-10H,7-8H2,1-4H3;8-9H,5-7H2,1-4H3;7-8H,5-6H2,1-4H3. The summed E-state index contributed by atoms with van der Waals surface area (Å²) < 4.78 is 5.43. The predicted octanol–water partition coefficient (Wildman–Crippen LogP) is 24.1. The van der Waals surface area contributed by atoms with E-state index in [0.29, 0.717) is 27.1 Å². The molecule has 0 spiro atoms. The van der Waals surface area contributed by atoms with Gasteiger partial charge in [0.05, 0.1) is 0 Å². The summed E-state index contributed by atoms with van der Waals surface area (Å²) in [6, 6.07) is 0. The van der Waals surface area contributed by atoms with Crippen LogP contribution in [0.1, 0.15) is 322 Å². The van der Waals surface area contributed by atoms with Crippen LogP contribution in [0.3, 0.4) is 0 Å². The zero-order valence-corrected chi connectivity index (χ0v) is 58.6. The quantitative estimate of drug-likeness (QED) is 0.175. The van der Waals surface area contributed by atoms with Crippen LogP contribution in [-0.4, -0.2) is 26.3 Å². The number of allylic oxidation sites excluding steroid dienone is 2. The SMILES string of the molecule is CC(C)C1(C(C)C)CC1.CC(C)C1(C(C)C)CC=CC1.CC(C)C1(C(C)C)CCC1.CC(C)C1(C(C)C)CCCC1.CC(C)C1(C(C)C)CCCCC1.CC(C)C1(C(C)C)CCNCC1.CC(C)C1(C(C)C)CCOCC1. The van der Waals surface area contributed by atoms with Gasteiger partial charge in [0.25, 0.3) is 0 Å². The monoisotopic (exact) mass is 1080 g/mol. The maximum Gasteiger partial charge on any atom is 0.0471 e. The molecule has 0 unspecified atom stereocenters. The number of rotatable bonds is 14. The van der Waals surface area contributed by atoms with Crippen molar-refractivity contribution in [2.45, 2.75) is 322 Å². The van der Waals surface area contributed by atoms with E-state index < -0.39 is 0 Å². The molecule has 2 heterocycles. The highest BCUT2D eigenvalue weighted by Crippen LogP contribution is 2.57. The molecule has 2 nitrogen and oxygen atoms in total. The number of nitrogens with one attached hydrogen (secondary N) is 1. The first-order valence-electron chi connectivity index (χ1n) is 34.6. The van der Waals surface area contributed by atoms with E-state index in [4.69, 9.17) is 4.74 Å². The molecule has 0 aromatic carbocycles. The fourth-order valence-corrected chi connectivity index (χ4v) is 17.8. The van der Waals surface area contributed by atoms with E-state index in [1.807, 2.05) is 0 Å². The molecule has 77 heavy (non-hydrogen) atoms. The molecular weight excluding hydrogens is 931 g/mol. The lowest BCUT2D eigenvalue weighted by atomic mass is 9.56. The van der Waals surface area contributed by atoms with Gasteiger partial charge >= 0.3 is 0 Å². The van der Waals surface area contributed by atoms with E-state index in [2.05, 4.69) is 211 Å². The van der Waals surface area contributed by atoms with Crippen LogP contribution >= 0.6 is 0 Å². The van der Waals surface area contributed by atoms with Crippen LogP contribution in [0.5, 0.6) is 0 Å². The lowest BCUT2D eigenvalue weighted by molar-refractivity contribution is -0.0381. The van der Waals surface area contributed by atoms with Crippen LogP contribution < -0.4 is 5.32 Å². The Morgan fingerprint density at radius 3 is 0.597 bits per heavy atom. The highest BCUT2D eigenvalue weighted by molar-refractivity contribution is 5.05. The Kier molecular flexibility index (Phi) is 32.8. The van der Waals surface area contributed by atoms with Crippen molar-refractivity contribution in [2.75, 3.05) is 26.3 Å². The largest absolute Gasteiger partial charge is 0.381 e. The lowest BCUT2D eigenvalue weighted by Crippen LogP contribution is -2.43. The summed E-state index contributed by atoms with van der Waals surface area (Å²) >= 11 is 0. The third-order valence-corrected chi connectivity index (χ3v) is 25.6. The van der Waals surface area contributed by atoms with Gasteiger partial charge in [-0.2, -0.15) is 0 Å². The molecule has 5 aliphatic carbocycles. The Balaban J connectivity index is 0.000000450. The number of hydrogen-bond donors (Lipinski definition) is 1. The molecule has 460 valence electrons. The van der Waals surface area contributed by atoms with Crippen molar-refractivity contribution in [1.82, 2.24) is 5.32 Å². The van der Waals surface area contributed by atoms with Crippen molar-refractivity contribution in [2.24, 2.45) is 121 Å². The topological polar surface area (TPSA) is 21.3 Å². The highest BCUT2D eigenvalue weighted by atomic mass is 16.5. The van der Waals surface area contributed by atoms with Gasteiger partial charge in [0, 0.05) is 13.2 Å². The molecular formula is C75H149NO. The second kappa shape index (κ2) is 33.8. The molecule has 0 radical (unpaired) electrons. The molecule has 7 rings (SSSR count). The average molecular weight is 1080 g/mol. The summed E-state index contributed by atoms with van der Waals surface area (Å²) in [5.41, 5.74) is 4.60. The van der Waals surface area contributed by atoms with Gasteiger partial charge in [-0.3, -0.25) is 0 Å². The first-order valence-corrected chi connectivity index (χ1v) is 34.6. The number of ether oxygens (including phenoxy) is 1. The van der Waals surface area contributed by atoms with Gasteiger partial charge in [-0.25, -0.2) is 0 Å². The van der Waals surface area contributed by atoms with Gasteiger partial charge in [-0.1, -0.05) is 245 Å². The van der Waals surface area contributed by atoms with Crippen LogP contribution in [0, 0.1) is 121 Å². The van der Waals surface area contributed by atoms with Gasteiger partial charge in [-0.05, 0) is 224 Å². The van der Waals surface area contributed by atoms with Crippen molar-refractivity contribution in [3.05, 3.63) is 12.2 Å². The Hall–Kier alpha value is -0.340. The summed E-state index contributed by atoms with van der Waals surface area (Å²) in [6.45, 7) is 70.8. The van der Waals surface area contributed by atoms with Crippen LogP contribution in [0.4, 0.5) is 0 Å². The van der Waals surface area contributed by atoms with E-state index in [1.54, 1.807) is 0 Å². The fraction of sp³-hybridized carbons (Fsp3) is 0.973. The Labute approximate surface area is 489 Å². The minimum atomic E-state index is 0.554. The molecule has 0 aromatic heterocycles. The summed E-state index contributed by atoms with van der Waals surface area (Å²) in [7, 11) is 0. The minimum absolute atomic E-state index is 0.554. The molecule has 0 amide bonds. The Morgan fingerprint density at radius 1 is 0.234 bits per heavy atom. The van der Waals surface area contributed by atoms with Crippen LogP contribution in [0.25, 0.3) is 0 Å². The van der Waals surface area contributed by atoms with E-state index in [0.717, 1.165) is 107 Å². The fourth-order valence-electron chi connectivity index (χ4n) is 17.8. The van der Waals surface area contributed by atoms with E-state index in [9.17, 15) is 0 Å². The lowest BCUT2D eigenvalue weighted by Gasteiger charge is -2.49. The predicted molar refractivity (Wildman–Crippen MR) is 350 cm³/mol. The normalized spacial score (nSPS) is 23.2. The van der Waals surface area contributed by atoms with Gasteiger partial charge in [0.2, 0.25) is 0 Å². The molecule has 2 saturated heterocycles. The third-order valence-electron chi connectivity index (χ3n) is 25.6. The average Bonchev–Trinajstić information content (AvgIpc) is 3.73. The second-order valence-electron chi connectivity index (χ2n) is 32.2. The van der Waals surface area contributed by atoms with Crippen LogP contribution in [0.15, 0.2) is 12.2 Å². The Morgan fingerprint density at radius 2 is 0.442 bits per heavy atom. The summed E-state index contributed by atoms with van der Waals surface area (Å²) in [5, 5.41) is 3.45. The maximum atomic E-state index is 5.43. The number of hydrogen-bond acceptors (Lipinski definition) is 2. The third kappa shape index (κ3) is 19.6. The van der Waals surface area contributed by atoms with Crippen molar-refractivity contribution < 1.29 is 4.74 Å². The molecule has 0 atom stereocenters. The van der Waals surface area contributed by atoms with Gasteiger partial charge in [0.15, 0.2) is 0 Å². The van der Waals surface area contributed by atoms with Crippen molar-refractivity contribution in [3.8, 4) is 0 Å². The molecule has 6 fully saturated rings. The minimum Gasteiger partial charge on any atom is -0.381 e. The first kappa shape index (κ1) is 74.7. The summed E-state index contributed by atoms with van der Waals surface area (Å²) in [5.74, 6) is 12.0. The Bertz CT molecular complexity index is 1340. The van der Waals surface area contributed by atoms with Crippen LogP contribution in [-0.2, 0) is 4.74 Å². The second-order valence-corrected chi connectivity index (χ2v) is 32.2. The van der Waals surface area contributed by atoms with Gasteiger partial charge in [-0.15, -0.1) is 0 Å². The molecule has 1 N–H and O–H groups in total. The van der Waals surface area contributed by atoms with Crippen LogP contribution in [0.2, 0.25) is 0 Å².